The molecule has 0 aliphatic rings. The van der Waals surface area contributed by atoms with Crippen LogP contribution in [0.5, 0.6) is 5.75 Å². The Bertz CT molecular complexity index is 1680. The maximum atomic E-state index is 11.7. The molecule has 1 aromatic carbocycles. The summed E-state index contributed by atoms with van der Waals surface area (Å²) in [6.07, 6.45) is 4.89. The fourth-order valence-corrected chi connectivity index (χ4v) is 4.97. The van der Waals surface area contributed by atoms with E-state index in [2.05, 4.69) is 25.1 Å². The van der Waals surface area contributed by atoms with Crippen molar-refractivity contribution in [2.45, 2.75) is 6.92 Å². The van der Waals surface area contributed by atoms with Gasteiger partial charge in [0.1, 0.15) is 17.1 Å². The number of nitrogens with one attached hydrogen (secondary N) is 2. The lowest BCUT2D eigenvalue weighted by molar-refractivity contribution is 0.102. The van der Waals surface area contributed by atoms with Gasteiger partial charge in [0.2, 0.25) is 0 Å². The molecule has 0 spiro atoms. The van der Waals surface area contributed by atoms with Crippen molar-refractivity contribution in [1.82, 2.24) is 25.1 Å². The maximum absolute atomic E-state index is 11.7. The number of nitrogens with zero attached hydrogens (tertiary/aromatic N) is 3. The molecule has 7 nitrogen and oxygen atoms in total. The molecule has 0 radical (unpaired) electrons. The molecular weight excluding hydrogens is 434 g/mol. The number of carbonyl (C=O) groups is 1. The Morgan fingerprint density at radius 1 is 1.00 bits per heavy atom. The molecule has 3 N–H and O–H groups in total. The Kier molecular flexibility index (Phi) is 4.34. The Hall–Kier alpha value is -4.30. The van der Waals surface area contributed by atoms with Crippen molar-refractivity contribution in [3.8, 4) is 38.7 Å². The van der Waals surface area contributed by atoms with E-state index >= 15 is 0 Å². The molecular formula is C25H17N5O2S. The normalized spacial score (nSPS) is 11.4. The summed E-state index contributed by atoms with van der Waals surface area (Å²) in [6, 6.07) is 15.5. The molecule has 8 heteroatoms. The number of ketones is 1. The number of H-pyrrole nitrogens is 2. The number of Topliss-reactive ketones (excluding diaryl/α,β-unsaturated/α-hetero) is 1. The minimum Gasteiger partial charge on any atom is -0.506 e. The number of aromatic hydroxyl groups is 1. The van der Waals surface area contributed by atoms with Crippen molar-refractivity contribution in [2.75, 3.05) is 0 Å². The van der Waals surface area contributed by atoms with Gasteiger partial charge in [0.25, 0.3) is 0 Å². The highest BCUT2D eigenvalue weighted by atomic mass is 32.1. The number of benzene rings is 1. The van der Waals surface area contributed by atoms with Gasteiger partial charge in [-0.1, -0.05) is 6.07 Å². The second-order valence-corrected chi connectivity index (χ2v) is 8.87. The number of hydrogen-bond acceptors (Lipinski definition) is 6. The van der Waals surface area contributed by atoms with Crippen molar-refractivity contribution in [2.24, 2.45) is 0 Å². The first-order valence-electron chi connectivity index (χ1n) is 10.3. The predicted molar refractivity (Wildman–Crippen MR) is 129 cm³/mol. The van der Waals surface area contributed by atoms with Crippen LogP contribution in [0.15, 0.2) is 67.1 Å². The summed E-state index contributed by atoms with van der Waals surface area (Å²) >= 11 is 1.48. The predicted octanol–water partition coefficient (Wildman–Crippen LogP) is 5.80. The van der Waals surface area contributed by atoms with E-state index in [4.69, 9.17) is 0 Å². The molecule has 0 atom stereocenters. The van der Waals surface area contributed by atoms with Gasteiger partial charge >= 0.3 is 0 Å². The minimum absolute atomic E-state index is 0.0621. The quantitative estimate of drug-likeness (QED) is 0.293. The van der Waals surface area contributed by atoms with Gasteiger partial charge in [-0.15, -0.1) is 11.3 Å². The van der Waals surface area contributed by atoms with E-state index in [1.165, 1.54) is 17.5 Å². The van der Waals surface area contributed by atoms with Crippen LogP contribution in [0.3, 0.4) is 0 Å². The smallest absolute Gasteiger partial charge is 0.169 e. The Balaban J connectivity index is 1.48. The highest BCUT2D eigenvalue weighted by Crippen LogP contribution is 2.37. The third kappa shape index (κ3) is 3.28. The average Bonchev–Trinajstić information content (AvgIpc) is 3.55. The fraction of sp³-hybridized carbons (Fsp3) is 0.0400. The third-order valence-corrected chi connectivity index (χ3v) is 6.84. The molecule has 0 bridgehead atoms. The molecule has 0 aliphatic carbocycles. The van der Waals surface area contributed by atoms with E-state index < -0.39 is 0 Å². The summed E-state index contributed by atoms with van der Waals surface area (Å²) in [5.41, 5.74) is 6.04. The van der Waals surface area contributed by atoms with E-state index in [0.717, 1.165) is 59.8 Å². The molecule has 0 fully saturated rings. The Morgan fingerprint density at radius 3 is 2.73 bits per heavy atom. The lowest BCUT2D eigenvalue weighted by atomic mass is 10.0. The molecule has 33 heavy (non-hydrogen) atoms. The summed E-state index contributed by atoms with van der Waals surface area (Å²) < 4.78 is 0. The Morgan fingerprint density at radius 2 is 1.91 bits per heavy atom. The van der Waals surface area contributed by atoms with Crippen LogP contribution in [0.1, 0.15) is 16.6 Å². The lowest BCUT2D eigenvalue weighted by Gasteiger charge is -2.02. The second kappa shape index (κ2) is 7.39. The van der Waals surface area contributed by atoms with Gasteiger partial charge in [-0.3, -0.25) is 14.9 Å². The van der Waals surface area contributed by atoms with Crippen LogP contribution in [0.2, 0.25) is 0 Å². The van der Waals surface area contributed by atoms with Gasteiger partial charge in [0, 0.05) is 39.2 Å². The number of rotatable bonds is 4. The van der Waals surface area contributed by atoms with Crippen LogP contribution < -0.4 is 0 Å². The maximum Gasteiger partial charge on any atom is 0.169 e. The number of aromatic amines is 2. The van der Waals surface area contributed by atoms with Crippen molar-refractivity contribution in [3.05, 3.63) is 72.0 Å². The van der Waals surface area contributed by atoms with Crippen molar-refractivity contribution >= 4 is 39.1 Å². The first kappa shape index (κ1) is 19.4. The van der Waals surface area contributed by atoms with E-state index in [0.29, 0.717) is 0 Å². The molecule has 5 heterocycles. The van der Waals surface area contributed by atoms with Crippen LogP contribution in [0.4, 0.5) is 0 Å². The molecule has 5 aromatic heterocycles. The summed E-state index contributed by atoms with van der Waals surface area (Å²) in [4.78, 5) is 25.5. The van der Waals surface area contributed by atoms with Crippen LogP contribution in [0.25, 0.3) is 54.9 Å². The number of hydrogen-bond donors (Lipinski definition) is 3. The summed E-state index contributed by atoms with van der Waals surface area (Å²) in [5.74, 6) is 0.183. The fourth-order valence-electron chi connectivity index (χ4n) is 4.03. The van der Waals surface area contributed by atoms with Crippen molar-refractivity contribution < 1.29 is 9.90 Å². The van der Waals surface area contributed by atoms with Gasteiger partial charge in [-0.2, -0.15) is 5.10 Å². The van der Waals surface area contributed by atoms with Gasteiger partial charge in [-0.25, -0.2) is 4.98 Å². The molecule has 6 aromatic rings. The molecule has 0 saturated carbocycles. The van der Waals surface area contributed by atoms with Gasteiger partial charge < -0.3 is 10.1 Å². The van der Waals surface area contributed by atoms with Gasteiger partial charge in [0.05, 0.1) is 22.3 Å². The molecule has 160 valence electrons. The topological polar surface area (TPSA) is 108 Å². The number of pyridine rings is 2. The van der Waals surface area contributed by atoms with Crippen molar-refractivity contribution in [3.63, 3.8) is 0 Å². The first-order valence-corrected chi connectivity index (χ1v) is 11.1. The van der Waals surface area contributed by atoms with Gasteiger partial charge in [0.15, 0.2) is 5.78 Å². The third-order valence-electron chi connectivity index (χ3n) is 5.63. The zero-order chi connectivity index (χ0) is 22.5. The zero-order valence-electron chi connectivity index (χ0n) is 17.5. The number of thiophene rings is 1. The molecule has 0 saturated heterocycles. The average molecular weight is 452 g/mol. The van der Waals surface area contributed by atoms with Crippen LogP contribution in [0, 0.1) is 0 Å². The number of aromatic nitrogens is 5. The van der Waals surface area contributed by atoms with E-state index in [1.54, 1.807) is 25.4 Å². The summed E-state index contributed by atoms with van der Waals surface area (Å²) in [5, 5.41) is 19.4. The number of fused-ring (bicyclic) bond motifs is 2. The summed E-state index contributed by atoms with van der Waals surface area (Å²) in [6.45, 7) is 1.58. The standard InChI is InChI=1S/C25H17N5O2S/c1-13(31)22-4-5-23(33-22)17-6-7-27-25-18(17)10-21(28-25)24-19-9-14(2-3-20(19)29-30-24)15-8-16(32)12-26-11-15/h2-12,32H,1H3,(H,27,28)(H,29,30). The lowest BCUT2D eigenvalue weighted by Crippen LogP contribution is -1.83. The van der Waals surface area contributed by atoms with Crippen molar-refractivity contribution in [1.29, 1.82) is 0 Å². The van der Waals surface area contributed by atoms with E-state index in [1.807, 2.05) is 42.5 Å². The highest BCUT2D eigenvalue weighted by molar-refractivity contribution is 7.17. The van der Waals surface area contributed by atoms with E-state index in [-0.39, 0.29) is 11.5 Å². The van der Waals surface area contributed by atoms with E-state index in [9.17, 15) is 9.90 Å². The Labute approximate surface area is 191 Å². The first-order chi connectivity index (χ1) is 16.1. The number of carbonyl (C=O) groups excluding carboxylic acids is 1. The van der Waals surface area contributed by atoms with Crippen LogP contribution >= 0.6 is 11.3 Å². The van der Waals surface area contributed by atoms with Crippen LogP contribution in [-0.2, 0) is 0 Å². The monoisotopic (exact) mass is 451 g/mol. The minimum atomic E-state index is 0.0621. The molecule has 0 aliphatic heterocycles. The van der Waals surface area contributed by atoms with Crippen LogP contribution in [-0.4, -0.2) is 36.0 Å². The summed E-state index contributed by atoms with van der Waals surface area (Å²) in [7, 11) is 0. The highest BCUT2D eigenvalue weighted by Gasteiger charge is 2.16. The second-order valence-electron chi connectivity index (χ2n) is 7.79. The SMILES string of the molecule is CC(=O)c1ccc(-c2ccnc3[nH]c(-c4n[nH]c5ccc(-c6cncc(O)c6)cc45)cc23)s1. The zero-order valence-corrected chi connectivity index (χ0v) is 18.3. The largest absolute Gasteiger partial charge is 0.506 e. The van der Waals surface area contributed by atoms with Gasteiger partial charge in [-0.05, 0) is 55.0 Å². The molecule has 0 unspecified atom stereocenters. The molecule has 0 amide bonds. The molecule has 6 rings (SSSR count).